The molecule has 1 N–H and O–H groups in total. The molecular formula is C15H21N3O. The number of imidazole rings is 1. The van der Waals surface area contributed by atoms with Crippen LogP contribution in [0.2, 0.25) is 0 Å². The Morgan fingerprint density at radius 3 is 2.63 bits per heavy atom. The van der Waals surface area contributed by atoms with E-state index in [9.17, 15) is 4.79 Å². The van der Waals surface area contributed by atoms with Gasteiger partial charge in [-0.2, -0.15) is 0 Å². The number of nitrogens with zero attached hydrogens (tertiary/aromatic N) is 2. The maximum atomic E-state index is 12.1. The average molecular weight is 259 g/mol. The molecule has 2 aromatic rings. The number of nitrogens with one attached hydrogen (secondary N) is 1. The van der Waals surface area contributed by atoms with E-state index in [1.807, 2.05) is 46.0 Å². The molecule has 0 aliphatic rings. The molecule has 1 aromatic carbocycles. The second-order valence-electron chi connectivity index (χ2n) is 5.85. The second kappa shape index (κ2) is 4.68. The van der Waals surface area contributed by atoms with Crippen LogP contribution < -0.4 is 5.32 Å². The van der Waals surface area contributed by atoms with Gasteiger partial charge in [-0.05, 0) is 39.0 Å². The number of carbonyl (C=O) groups is 1. The molecule has 0 unspecified atom stereocenters. The zero-order valence-electron chi connectivity index (χ0n) is 12.2. The van der Waals surface area contributed by atoms with E-state index in [1.165, 1.54) is 0 Å². The van der Waals surface area contributed by atoms with E-state index >= 15 is 0 Å². The first kappa shape index (κ1) is 13.6. The molecule has 0 saturated heterocycles. The summed E-state index contributed by atoms with van der Waals surface area (Å²) in [5.74, 6) is 0.974. The van der Waals surface area contributed by atoms with Gasteiger partial charge in [-0.15, -0.1) is 0 Å². The van der Waals surface area contributed by atoms with Crippen molar-refractivity contribution >= 4 is 16.9 Å². The van der Waals surface area contributed by atoms with Gasteiger partial charge in [0.15, 0.2) is 0 Å². The lowest BCUT2D eigenvalue weighted by Crippen LogP contribution is -2.40. The normalized spacial score (nSPS) is 11.8. The van der Waals surface area contributed by atoms with E-state index in [1.54, 1.807) is 0 Å². The number of hydrogen-bond acceptors (Lipinski definition) is 2. The highest BCUT2D eigenvalue weighted by Crippen LogP contribution is 2.17. The van der Waals surface area contributed by atoms with E-state index in [2.05, 4.69) is 21.8 Å². The lowest BCUT2D eigenvalue weighted by molar-refractivity contribution is 0.0919. The molecule has 1 amide bonds. The highest BCUT2D eigenvalue weighted by molar-refractivity contribution is 5.97. The quantitative estimate of drug-likeness (QED) is 0.901. The highest BCUT2D eigenvalue weighted by atomic mass is 16.1. The van der Waals surface area contributed by atoms with Gasteiger partial charge in [0.2, 0.25) is 0 Å². The topological polar surface area (TPSA) is 46.9 Å². The number of carbonyl (C=O) groups excluding carboxylic acids is 1. The average Bonchev–Trinajstić information content (AvgIpc) is 2.63. The summed E-state index contributed by atoms with van der Waals surface area (Å²) >= 11 is 0. The minimum Gasteiger partial charge on any atom is -0.347 e. The molecule has 102 valence electrons. The third-order valence-corrected chi connectivity index (χ3v) is 3.04. The molecule has 19 heavy (non-hydrogen) atoms. The van der Waals surface area contributed by atoms with Gasteiger partial charge < -0.3 is 9.88 Å². The Morgan fingerprint density at radius 2 is 2.05 bits per heavy atom. The molecule has 4 nitrogen and oxygen atoms in total. The second-order valence-corrected chi connectivity index (χ2v) is 5.85. The molecule has 0 saturated carbocycles. The minimum absolute atomic E-state index is 0.0573. The molecule has 0 radical (unpaired) electrons. The Labute approximate surface area is 113 Å². The van der Waals surface area contributed by atoms with E-state index < -0.39 is 0 Å². The van der Waals surface area contributed by atoms with Gasteiger partial charge in [0, 0.05) is 24.6 Å². The maximum Gasteiger partial charge on any atom is 0.251 e. The lowest BCUT2D eigenvalue weighted by atomic mass is 10.1. The fourth-order valence-electron chi connectivity index (χ4n) is 2.12. The molecule has 4 heteroatoms. The van der Waals surface area contributed by atoms with Gasteiger partial charge in [0.25, 0.3) is 5.91 Å². The van der Waals surface area contributed by atoms with Crippen LogP contribution >= 0.6 is 0 Å². The van der Waals surface area contributed by atoms with Crippen LogP contribution in [0, 0.1) is 0 Å². The fraction of sp³-hybridized carbons (Fsp3) is 0.467. The van der Waals surface area contributed by atoms with Crippen LogP contribution in [0.5, 0.6) is 0 Å². The van der Waals surface area contributed by atoms with E-state index in [0.717, 1.165) is 23.3 Å². The van der Waals surface area contributed by atoms with Crippen LogP contribution in [0.3, 0.4) is 0 Å². The van der Waals surface area contributed by atoms with Crippen LogP contribution in [0.15, 0.2) is 18.2 Å². The Hall–Kier alpha value is -1.84. The molecule has 2 rings (SSSR count). The Balaban J connectivity index is 2.39. The Bertz CT molecular complexity index is 620. The first-order valence-electron chi connectivity index (χ1n) is 6.59. The number of rotatable bonds is 2. The van der Waals surface area contributed by atoms with Crippen LogP contribution in [0.1, 0.15) is 43.9 Å². The number of fused-ring (bicyclic) bond motifs is 1. The largest absolute Gasteiger partial charge is 0.347 e. The summed E-state index contributed by atoms with van der Waals surface area (Å²) in [6.45, 7) is 7.99. The molecule has 1 aromatic heterocycles. The molecule has 0 fully saturated rings. The van der Waals surface area contributed by atoms with Crippen molar-refractivity contribution in [3.05, 3.63) is 29.6 Å². The van der Waals surface area contributed by atoms with Crippen LogP contribution in [-0.4, -0.2) is 21.0 Å². The number of benzene rings is 1. The molecule has 0 atom stereocenters. The zero-order valence-corrected chi connectivity index (χ0v) is 12.2. The molecule has 1 heterocycles. The first-order chi connectivity index (χ1) is 8.81. The summed E-state index contributed by atoms with van der Waals surface area (Å²) in [6, 6.07) is 5.67. The van der Waals surface area contributed by atoms with E-state index in [-0.39, 0.29) is 11.4 Å². The first-order valence-corrected chi connectivity index (χ1v) is 6.59. The van der Waals surface area contributed by atoms with Crippen molar-refractivity contribution in [1.82, 2.24) is 14.9 Å². The van der Waals surface area contributed by atoms with Crippen molar-refractivity contribution in [3.8, 4) is 0 Å². The summed E-state index contributed by atoms with van der Waals surface area (Å²) in [7, 11) is 2.00. The van der Waals surface area contributed by atoms with Crippen molar-refractivity contribution < 1.29 is 4.79 Å². The summed E-state index contributed by atoms with van der Waals surface area (Å²) < 4.78 is 2.07. The van der Waals surface area contributed by atoms with Crippen molar-refractivity contribution in [2.75, 3.05) is 0 Å². The summed E-state index contributed by atoms with van der Waals surface area (Å²) in [6.07, 6.45) is 0.884. The third-order valence-electron chi connectivity index (χ3n) is 3.04. The predicted molar refractivity (Wildman–Crippen MR) is 77.3 cm³/mol. The smallest absolute Gasteiger partial charge is 0.251 e. The van der Waals surface area contributed by atoms with Crippen molar-refractivity contribution in [3.63, 3.8) is 0 Å². The number of aromatic nitrogens is 2. The Morgan fingerprint density at radius 1 is 1.37 bits per heavy atom. The van der Waals surface area contributed by atoms with Crippen LogP contribution in [-0.2, 0) is 13.5 Å². The third kappa shape index (κ3) is 2.78. The predicted octanol–water partition coefficient (Wildman–Crippen LogP) is 2.66. The standard InChI is InChI=1S/C15H21N3O/c1-6-13-16-11-9-10(7-8-12(11)18(13)5)14(19)17-15(2,3)4/h7-9H,6H2,1-5H3,(H,17,19). The maximum absolute atomic E-state index is 12.1. The summed E-state index contributed by atoms with van der Waals surface area (Å²) in [5.41, 5.74) is 2.36. The molecular weight excluding hydrogens is 238 g/mol. The summed E-state index contributed by atoms with van der Waals surface area (Å²) in [5, 5.41) is 2.96. The van der Waals surface area contributed by atoms with Crippen molar-refractivity contribution in [1.29, 1.82) is 0 Å². The Kier molecular flexibility index (Phi) is 3.35. The number of hydrogen-bond donors (Lipinski definition) is 1. The lowest BCUT2D eigenvalue weighted by Gasteiger charge is -2.20. The zero-order chi connectivity index (χ0) is 14.2. The van der Waals surface area contributed by atoms with Gasteiger partial charge in [-0.25, -0.2) is 4.98 Å². The number of amides is 1. The fourth-order valence-corrected chi connectivity index (χ4v) is 2.12. The van der Waals surface area contributed by atoms with E-state index in [4.69, 9.17) is 0 Å². The van der Waals surface area contributed by atoms with Gasteiger partial charge >= 0.3 is 0 Å². The highest BCUT2D eigenvalue weighted by Gasteiger charge is 2.16. The molecule has 0 spiro atoms. The van der Waals surface area contributed by atoms with Gasteiger partial charge in [-0.1, -0.05) is 6.92 Å². The van der Waals surface area contributed by atoms with Gasteiger partial charge in [-0.3, -0.25) is 4.79 Å². The number of aryl methyl sites for hydroxylation is 2. The van der Waals surface area contributed by atoms with E-state index in [0.29, 0.717) is 5.56 Å². The monoisotopic (exact) mass is 259 g/mol. The molecule has 0 aliphatic heterocycles. The van der Waals surface area contributed by atoms with Crippen molar-refractivity contribution in [2.45, 2.75) is 39.7 Å². The van der Waals surface area contributed by atoms with Crippen LogP contribution in [0.25, 0.3) is 11.0 Å². The van der Waals surface area contributed by atoms with Gasteiger partial charge in [0.1, 0.15) is 5.82 Å². The van der Waals surface area contributed by atoms with Crippen LogP contribution in [0.4, 0.5) is 0 Å². The summed E-state index contributed by atoms with van der Waals surface area (Å²) in [4.78, 5) is 16.7. The van der Waals surface area contributed by atoms with Gasteiger partial charge in [0.05, 0.1) is 11.0 Å². The molecule has 0 aliphatic carbocycles. The minimum atomic E-state index is -0.231. The molecule has 0 bridgehead atoms. The van der Waals surface area contributed by atoms with Crippen molar-refractivity contribution in [2.24, 2.45) is 7.05 Å². The SMILES string of the molecule is CCc1nc2cc(C(=O)NC(C)(C)C)ccc2n1C.